The summed E-state index contributed by atoms with van der Waals surface area (Å²) < 4.78 is 0. The zero-order chi connectivity index (χ0) is 17.3. The van der Waals surface area contributed by atoms with Gasteiger partial charge in [-0.25, -0.2) is 0 Å². The van der Waals surface area contributed by atoms with Crippen LogP contribution in [0.1, 0.15) is 37.0 Å². The van der Waals surface area contributed by atoms with E-state index in [1.54, 1.807) is 11.0 Å². The third kappa shape index (κ3) is 3.18. The molecule has 2 amide bonds. The molecule has 2 N–H and O–H groups in total. The zero-order valence-electron chi connectivity index (χ0n) is 13.8. The van der Waals surface area contributed by atoms with Crippen LogP contribution in [0.3, 0.4) is 0 Å². The van der Waals surface area contributed by atoms with E-state index in [4.69, 9.17) is 0 Å². The van der Waals surface area contributed by atoms with Crippen molar-refractivity contribution in [3.05, 3.63) is 46.2 Å². The van der Waals surface area contributed by atoms with Gasteiger partial charge in [-0.05, 0) is 26.3 Å². The highest BCUT2D eigenvalue weighted by atomic mass is 16.2. The predicted molar refractivity (Wildman–Crippen MR) is 91.9 cm³/mol. The number of hydrogen-bond donors (Lipinski definition) is 2. The van der Waals surface area contributed by atoms with Crippen molar-refractivity contribution in [1.29, 1.82) is 0 Å². The van der Waals surface area contributed by atoms with Crippen LogP contribution in [-0.4, -0.2) is 40.3 Å². The van der Waals surface area contributed by atoms with Crippen LogP contribution in [0, 0.1) is 0 Å². The number of H-pyrrole nitrogens is 1. The standard InChI is InChI=1S/C18H21N3O3/c1-11(2)21(10-12-7-8-16(22)19-12)18(24)14-9-17(23)20-15-6-4-3-5-13(14)15/h3-6,9,11-12H,7-8,10H2,1-2H3,(H,19,22)(H,20,23). The molecule has 0 aliphatic carbocycles. The highest BCUT2D eigenvalue weighted by Gasteiger charge is 2.28. The minimum atomic E-state index is -0.296. The van der Waals surface area contributed by atoms with E-state index in [0.717, 1.165) is 11.8 Å². The molecule has 126 valence electrons. The molecule has 1 aliphatic rings. The number of carbonyl (C=O) groups excluding carboxylic acids is 2. The number of aromatic nitrogens is 1. The fraction of sp³-hybridized carbons (Fsp3) is 0.389. The van der Waals surface area contributed by atoms with E-state index in [-0.39, 0.29) is 29.5 Å². The van der Waals surface area contributed by atoms with Crippen LogP contribution in [0.4, 0.5) is 0 Å². The largest absolute Gasteiger partial charge is 0.352 e. The lowest BCUT2D eigenvalue weighted by Gasteiger charge is -2.29. The van der Waals surface area contributed by atoms with E-state index < -0.39 is 0 Å². The third-order valence-corrected chi connectivity index (χ3v) is 4.37. The van der Waals surface area contributed by atoms with E-state index in [9.17, 15) is 14.4 Å². The SMILES string of the molecule is CC(C)N(CC1CCC(=O)N1)C(=O)c1cc(=O)[nH]c2ccccc12. The topological polar surface area (TPSA) is 82.3 Å². The number of nitrogens with one attached hydrogen (secondary N) is 2. The lowest BCUT2D eigenvalue weighted by molar-refractivity contribution is -0.119. The molecule has 3 rings (SSSR count). The molecule has 0 radical (unpaired) electrons. The number of hydrogen-bond acceptors (Lipinski definition) is 3. The van der Waals surface area contributed by atoms with Crippen molar-refractivity contribution in [3.8, 4) is 0 Å². The van der Waals surface area contributed by atoms with E-state index in [1.807, 2.05) is 32.0 Å². The smallest absolute Gasteiger partial charge is 0.255 e. The Morgan fingerprint density at radius 2 is 2.04 bits per heavy atom. The summed E-state index contributed by atoms with van der Waals surface area (Å²) in [6.07, 6.45) is 1.23. The zero-order valence-corrected chi connectivity index (χ0v) is 13.8. The van der Waals surface area contributed by atoms with E-state index >= 15 is 0 Å². The number of amides is 2. The predicted octanol–water partition coefficient (Wildman–Crippen LogP) is 1.66. The molecule has 0 saturated carbocycles. The van der Waals surface area contributed by atoms with Gasteiger partial charge in [0.05, 0.1) is 5.56 Å². The van der Waals surface area contributed by atoms with Crippen LogP contribution < -0.4 is 10.9 Å². The van der Waals surface area contributed by atoms with Crippen LogP contribution in [0.5, 0.6) is 0 Å². The first-order valence-electron chi connectivity index (χ1n) is 8.18. The summed E-state index contributed by atoms with van der Waals surface area (Å²) in [5.74, 6) is -0.161. The van der Waals surface area contributed by atoms with Gasteiger partial charge in [0.15, 0.2) is 0 Å². The number of para-hydroxylation sites is 1. The molecule has 0 spiro atoms. The molecule has 2 heterocycles. The lowest BCUT2D eigenvalue weighted by atomic mass is 10.1. The highest BCUT2D eigenvalue weighted by Crippen LogP contribution is 2.19. The molecular weight excluding hydrogens is 306 g/mol. The quantitative estimate of drug-likeness (QED) is 0.896. The maximum atomic E-state index is 13.1. The average Bonchev–Trinajstić information content (AvgIpc) is 2.96. The van der Waals surface area contributed by atoms with Crippen molar-refractivity contribution in [1.82, 2.24) is 15.2 Å². The van der Waals surface area contributed by atoms with Crippen molar-refractivity contribution in [3.63, 3.8) is 0 Å². The Morgan fingerprint density at radius 1 is 1.29 bits per heavy atom. The summed E-state index contributed by atoms with van der Waals surface area (Å²) >= 11 is 0. The van der Waals surface area contributed by atoms with E-state index in [1.165, 1.54) is 6.07 Å². The second-order valence-corrected chi connectivity index (χ2v) is 6.45. The highest BCUT2D eigenvalue weighted by molar-refractivity contribution is 6.06. The Hall–Kier alpha value is -2.63. The molecule has 24 heavy (non-hydrogen) atoms. The van der Waals surface area contributed by atoms with Crippen LogP contribution >= 0.6 is 0 Å². The first kappa shape index (κ1) is 16.2. The summed E-state index contributed by atoms with van der Waals surface area (Å²) in [6, 6.07) is 8.56. The van der Waals surface area contributed by atoms with Gasteiger partial charge >= 0.3 is 0 Å². The maximum Gasteiger partial charge on any atom is 0.255 e. The fourth-order valence-corrected chi connectivity index (χ4v) is 3.12. The van der Waals surface area contributed by atoms with Gasteiger partial charge < -0.3 is 15.2 Å². The number of carbonyl (C=O) groups is 2. The summed E-state index contributed by atoms with van der Waals surface area (Å²) in [7, 11) is 0. The molecule has 1 aromatic heterocycles. The van der Waals surface area contributed by atoms with Gasteiger partial charge in [-0.1, -0.05) is 18.2 Å². The minimum absolute atomic E-state index is 0.0257. The lowest BCUT2D eigenvalue weighted by Crippen LogP contribution is -2.45. The maximum absolute atomic E-state index is 13.1. The Kier molecular flexibility index (Phi) is 4.38. The third-order valence-electron chi connectivity index (χ3n) is 4.37. The van der Waals surface area contributed by atoms with Gasteiger partial charge in [-0.2, -0.15) is 0 Å². The Morgan fingerprint density at radius 3 is 2.71 bits per heavy atom. The molecule has 1 aliphatic heterocycles. The molecule has 1 unspecified atom stereocenters. The number of rotatable bonds is 4. The Labute approximate surface area is 139 Å². The van der Waals surface area contributed by atoms with Gasteiger partial charge in [-0.3, -0.25) is 14.4 Å². The number of benzene rings is 1. The summed E-state index contributed by atoms with van der Waals surface area (Å²) in [5.41, 5.74) is 0.744. The normalized spacial score (nSPS) is 17.3. The van der Waals surface area contributed by atoms with Crippen molar-refractivity contribution in [2.45, 2.75) is 38.8 Å². The number of fused-ring (bicyclic) bond motifs is 1. The van der Waals surface area contributed by atoms with Crippen molar-refractivity contribution >= 4 is 22.7 Å². The molecule has 6 heteroatoms. The van der Waals surface area contributed by atoms with Gasteiger partial charge in [0.2, 0.25) is 11.5 Å². The summed E-state index contributed by atoms with van der Waals surface area (Å²) in [5, 5.41) is 3.62. The Balaban J connectivity index is 1.96. The molecule has 0 bridgehead atoms. The van der Waals surface area contributed by atoms with Crippen LogP contribution in [0.15, 0.2) is 35.1 Å². The number of nitrogens with zero attached hydrogens (tertiary/aromatic N) is 1. The molecule has 1 atom stereocenters. The van der Waals surface area contributed by atoms with E-state index in [2.05, 4.69) is 10.3 Å². The van der Waals surface area contributed by atoms with Gasteiger partial charge in [0.1, 0.15) is 0 Å². The second-order valence-electron chi connectivity index (χ2n) is 6.45. The van der Waals surface area contributed by atoms with Crippen molar-refractivity contribution < 1.29 is 9.59 Å². The first-order valence-corrected chi connectivity index (χ1v) is 8.18. The average molecular weight is 327 g/mol. The summed E-state index contributed by atoms with van der Waals surface area (Å²) in [6.45, 7) is 4.32. The Bertz CT molecular complexity index is 841. The number of aromatic amines is 1. The number of pyridine rings is 1. The van der Waals surface area contributed by atoms with Gasteiger partial charge in [0, 0.05) is 42.0 Å². The molecule has 6 nitrogen and oxygen atoms in total. The minimum Gasteiger partial charge on any atom is -0.352 e. The van der Waals surface area contributed by atoms with Gasteiger partial charge in [-0.15, -0.1) is 0 Å². The molecule has 1 fully saturated rings. The first-order chi connectivity index (χ1) is 11.5. The van der Waals surface area contributed by atoms with Crippen LogP contribution in [-0.2, 0) is 4.79 Å². The van der Waals surface area contributed by atoms with Gasteiger partial charge in [0.25, 0.3) is 5.91 Å². The van der Waals surface area contributed by atoms with E-state index in [0.29, 0.717) is 24.0 Å². The monoisotopic (exact) mass is 327 g/mol. The molecule has 2 aromatic rings. The van der Waals surface area contributed by atoms with Crippen molar-refractivity contribution in [2.24, 2.45) is 0 Å². The second kappa shape index (κ2) is 6.47. The molecular formula is C18H21N3O3. The van der Waals surface area contributed by atoms with Crippen LogP contribution in [0.2, 0.25) is 0 Å². The van der Waals surface area contributed by atoms with Crippen LogP contribution in [0.25, 0.3) is 10.9 Å². The van der Waals surface area contributed by atoms with Crippen molar-refractivity contribution in [2.75, 3.05) is 6.54 Å². The fourth-order valence-electron chi connectivity index (χ4n) is 3.12. The molecule has 1 aromatic carbocycles. The molecule has 1 saturated heterocycles. The summed E-state index contributed by atoms with van der Waals surface area (Å²) in [4.78, 5) is 40.9.